The van der Waals surface area contributed by atoms with Crippen LogP contribution in [0.25, 0.3) is 10.9 Å². The van der Waals surface area contributed by atoms with Gasteiger partial charge in [-0.15, -0.1) is 0 Å². The van der Waals surface area contributed by atoms with Gasteiger partial charge in [0, 0.05) is 13.1 Å². The molecule has 10 nitrogen and oxygen atoms in total. The summed E-state index contributed by atoms with van der Waals surface area (Å²) in [4.78, 5) is 28.6. The van der Waals surface area contributed by atoms with E-state index in [-0.39, 0.29) is 28.7 Å². The molecule has 5 N–H and O–H groups in total. The average molecular weight is 518 g/mol. The molecular weight excluding hydrogens is 490 g/mol. The minimum Gasteiger partial charge on any atom is -0.382 e. The lowest BCUT2D eigenvalue weighted by Gasteiger charge is -2.22. The van der Waals surface area contributed by atoms with E-state index in [2.05, 4.69) is 32.3 Å². The Hall–Kier alpha value is -4.20. The second-order valence-corrected chi connectivity index (χ2v) is 9.21. The molecule has 190 valence electrons. The van der Waals surface area contributed by atoms with Gasteiger partial charge in [-0.3, -0.25) is 9.36 Å². The van der Waals surface area contributed by atoms with Gasteiger partial charge in [0.05, 0.1) is 22.0 Å². The number of nitriles is 1. The molecule has 0 bridgehead atoms. The summed E-state index contributed by atoms with van der Waals surface area (Å²) < 4.78 is 1.63. The van der Waals surface area contributed by atoms with Crippen molar-refractivity contribution in [3.8, 4) is 6.07 Å². The Labute approximate surface area is 219 Å². The average Bonchev–Trinajstić information content (AvgIpc) is 2.85. The zero-order valence-corrected chi connectivity index (χ0v) is 21.4. The van der Waals surface area contributed by atoms with E-state index in [1.807, 2.05) is 38.2 Å². The molecule has 2 aromatic heterocycles. The largest absolute Gasteiger partial charge is 0.382 e. The molecule has 4 rings (SSSR count). The Bertz CT molecular complexity index is 1510. The van der Waals surface area contributed by atoms with Crippen molar-refractivity contribution in [3.05, 3.63) is 80.9 Å². The Morgan fingerprint density at radius 3 is 2.62 bits per heavy atom. The summed E-state index contributed by atoms with van der Waals surface area (Å²) in [5.74, 6) is 0.560. The maximum Gasteiger partial charge on any atom is 0.262 e. The summed E-state index contributed by atoms with van der Waals surface area (Å²) in [6, 6.07) is 16.9. The molecule has 4 aromatic rings. The summed E-state index contributed by atoms with van der Waals surface area (Å²) in [5, 5.41) is 13.4. The summed E-state index contributed by atoms with van der Waals surface area (Å²) >= 11 is 6.39. The van der Waals surface area contributed by atoms with E-state index >= 15 is 0 Å². The van der Waals surface area contributed by atoms with Crippen molar-refractivity contribution in [3.63, 3.8) is 0 Å². The minimum atomic E-state index is -0.515. The summed E-state index contributed by atoms with van der Waals surface area (Å²) in [7, 11) is 2.05. The highest BCUT2D eigenvalue weighted by atomic mass is 35.5. The number of hydrogen-bond donors (Lipinski definition) is 3. The van der Waals surface area contributed by atoms with Crippen LogP contribution in [-0.2, 0) is 13.1 Å². The van der Waals surface area contributed by atoms with Gasteiger partial charge in [0.2, 0.25) is 5.95 Å². The molecule has 1 atom stereocenters. The number of hydrogen-bond acceptors (Lipinski definition) is 9. The van der Waals surface area contributed by atoms with Gasteiger partial charge in [0.15, 0.2) is 5.82 Å². The molecule has 0 spiro atoms. The molecule has 11 heteroatoms. The second-order valence-electron chi connectivity index (χ2n) is 8.81. The predicted molar refractivity (Wildman–Crippen MR) is 146 cm³/mol. The highest BCUT2D eigenvalue weighted by Gasteiger charge is 2.21. The first-order chi connectivity index (χ1) is 17.8. The maximum absolute atomic E-state index is 13.6. The number of fused-ring (bicyclic) bond motifs is 1. The van der Waals surface area contributed by atoms with Crippen LogP contribution in [0.2, 0.25) is 5.02 Å². The number of nitrogens with one attached hydrogen (secondary N) is 1. The van der Waals surface area contributed by atoms with Crippen LogP contribution in [-0.4, -0.2) is 38.0 Å². The number of anilines is 3. The molecule has 37 heavy (non-hydrogen) atoms. The normalized spacial score (nSPS) is 12.0. The van der Waals surface area contributed by atoms with Crippen LogP contribution < -0.4 is 22.3 Å². The number of nitrogens with two attached hydrogens (primary N) is 2. The highest BCUT2D eigenvalue weighted by Crippen LogP contribution is 2.25. The molecule has 0 saturated heterocycles. The molecule has 0 saturated carbocycles. The van der Waals surface area contributed by atoms with Crippen molar-refractivity contribution < 1.29 is 0 Å². The summed E-state index contributed by atoms with van der Waals surface area (Å²) in [5.41, 5.74) is 13.2. The molecule has 2 aromatic carbocycles. The first kappa shape index (κ1) is 25.9. The molecule has 0 fully saturated rings. The Balaban J connectivity index is 1.64. The molecule has 0 aliphatic rings. The quantitative estimate of drug-likeness (QED) is 0.302. The van der Waals surface area contributed by atoms with Gasteiger partial charge in [0.25, 0.3) is 5.56 Å². The molecule has 0 aliphatic heterocycles. The number of nitrogen functional groups attached to an aromatic ring is 2. The van der Waals surface area contributed by atoms with Crippen molar-refractivity contribution in [1.82, 2.24) is 24.4 Å². The van der Waals surface area contributed by atoms with Crippen LogP contribution in [0.3, 0.4) is 0 Å². The Morgan fingerprint density at radius 2 is 1.89 bits per heavy atom. The number of benzene rings is 2. The summed E-state index contributed by atoms with van der Waals surface area (Å²) in [6.07, 6.45) is 0.706. The van der Waals surface area contributed by atoms with Gasteiger partial charge in [0.1, 0.15) is 23.3 Å². The van der Waals surface area contributed by atoms with Gasteiger partial charge in [-0.2, -0.15) is 15.2 Å². The standard InChI is InChI=1S/C26H28ClN9O/c1-16(31-23-18(14-28)22(29)33-26(30)34-23)24-32-20-11-6-10-19(27)21(20)25(37)36(24)13-7-12-35(2)15-17-8-4-3-5-9-17/h3-6,8-11,16H,7,12-13,15H2,1-2H3,(H5,29,30,31,33,34). The van der Waals surface area contributed by atoms with E-state index in [1.165, 1.54) is 5.56 Å². The fraction of sp³-hybridized carbons (Fsp3) is 0.269. The fourth-order valence-electron chi connectivity index (χ4n) is 4.24. The first-order valence-corrected chi connectivity index (χ1v) is 12.2. The third-order valence-electron chi connectivity index (χ3n) is 5.99. The minimum absolute atomic E-state index is 0.0261. The first-order valence-electron chi connectivity index (χ1n) is 11.8. The predicted octanol–water partition coefficient (Wildman–Crippen LogP) is 3.57. The van der Waals surface area contributed by atoms with Crippen molar-refractivity contribution in [2.24, 2.45) is 0 Å². The third-order valence-corrected chi connectivity index (χ3v) is 6.30. The van der Waals surface area contributed by atoms with Crippen LogP contribution in [0.1, 0.15) is 36.3 Å². The van der Waals surface area contributed by atoms with E-state index in [9.17, 15) is 10.1 Å². The molecular formula is C26H28ClN9O. The van der Waals surface area contributed by atoms with E-state index in [0.717, 1.165) is 13.1 Å². The van der Waals surface area contributed by atoms with Crippen molar-refractivity contribution in [1.29, 1.82) is 5.26 Å². The van der Waals surface area contributed by atoms with Gasteiger partial charge < -0.3 is 21.7 Å². The van der Waals surface area contributed by atoms with Crippen LogP contribution >= 0.6 is 11.6 Å². The van der Waals surface area contributed by atoms with Crippen LogP contribution in [0, 0.1) is 11.3 Å². The molecule has 0 amide bonds. The van der Waals surface area contributed by atoms with Gasteiger partial charge >= 0.3 is 0 Å². The Kier molecular flexibility index (Phi) is 7.86. The summed E-state index contributed by atoms with van der Waals surface area (Å²) in [6.45, 7) is 3.81. The zero-order valence-electron chi connectivity index (χ0n) is 20.6. The number of rotatable bonds is 9. The molecule has 1 unspecified atom stereocenters. The third kappa shape index (κ3) is 5.80. The molecule has 2 heterocycles. The van der Waals surface area contributed by atoms with Gasteiger partial charge in [-0.1, -0.05) is 48.0 Å². The van der Waals surface area contributed by atoms with Crippen LogP contribution in [0.15, 0.2) is 53.3 Å². The van der Waals surface area contributed by atoms with Gasteiger partial charge in [-0.05, 0) is 44.6 Å². The van der Waals surface area contributed by atoms with Crippen molar-refractivity contribution in [2.45, 2.75) is 32.5 Å². The topological polar surface area (TPSA) is 152 Å². The lowest BCUT2D eigenvalue weighted by molar-refractivity contribution is 0.312. The monoisotopic (exact) mass is 517 g/mol. The zero-order chi connectivity index (χ0) is 26.5. The van der Waals surface area contributed by atoms with E-state index in [1.54, 1.807) is 22.8 Å². The lowest BCUT2D eigenvalue weighted by Crippen LogP contribution is -2.30. The Morgan fingerprint density at radius 1 is 1.14 bits per heavy atom. The van der Waals surface area contributed by atoms with Crippen molar-refractivity contribution >= 4 is 40.1 Å². The smallest absolute Gasteiger partial charge is 0.262 e. The lowest BCUT2D eigenvalue weighted by atomic mass is 10.2. The van der Waals surface area contributed by atoms with Gasteiger partial charge in [-0.25, -0.2) is 4.98 Å². The second kappa shape index (κ2) is 11.2. The van der Waals surface area contributed by atoms with Crippen LogP contribution in [0.5, 0.6) is 0 Å². The maximum atomic E-state index is 13.6. The number of halogens is 1. The van der Waals surface area contributed by atoms with Crippen LogP contribution in [0.4, 0.5) is 17.6 Å². The van der Waals surface area contributed by atoms with E-state index in [0.29, 0.717) is 34.7 Å². The highest BCUT2D eigenvalue weighted by molar-refractivity contribution is 6.35. The SMILES string of the molecule is CC(Nc1nc(N)nc(N)c1C#N)c1nc2cccc(Cl)c2c(=O)n1CCCN(C)Cc1ccccc1. The van der Waals surface area contributed by atoms with Crippen molar-refractivity contribution in [2.75, 3.05) is 30.4 Å². The molecule has 0 aliphatic carbocycles. The van der Waals surface area contributed by atoms with E-state index < -0.39 is 6.04 Å². The number of aromatic nitrogens is 4. The molecule has 0 radical (unpaired) electrons. The fourth-order valence-corrected chi connectivity index (χ4v) is 4.49. The van der Waals surface area contributed by atoms with E-state index in [4.69, 9.17) is 28.1 Å². The number of nitrogens with zero attached hydrogens (tertiary/aromatic N) is 6.